The molecule has 0 radical (unpaired) electrons. The summed E-state index contributed by atoms with van der Waals surface area (Å²) in [6.45, 7) is 0. The van der Waals surface area contributed by atoms with Crippen LogP contribution in [0.5, 0.6) is 5.75 Å². The Balaban J connectivity index is 1.71. The Morgan fingerprint density at radius 2 is 1.88 bits per heavy atom. The van der Waals surface area contributed by atoms with E-state index >= 15 is 0 Å². The molecule has 2 aromatic carbocycles. The predicted molar refractivity (Wildman–Crippen MR) is 126 cm³/mol. The maximum absolute atomic E-state index is 13.5. The maximum Gasteiger partial charge on any atom is 0.163 e. The van der Waals surface area contributed by atoms with Gasteiger partial charge in [-0.05, 0) is 60.4 Å². The van der Waals surface area contributed by atoms with Crippen molar-refractivity contribution in [2.24, 2.45) is 0 Å². The number of benzene rings is 2. The van der Waals surface area contributed by atoms with Gasteiger partial charge >= 0.3 is 0 Å². The first-order chi connectivity index (χ1) is 16.1. The van der Waals surface area contributed by atoms with Crippen molar-refractivity contribution < 1.29 is 13.9 Å². The minimum Gasteiger partial charge on any atom is -0.494 e. The van der Waals surface area contributed by atoms with E-state index in [-0.39, 0.29) is 17.6 Å². The van der Waals surface area contributed by atoms with Gasteiger partial charge in [0.15, 0.2) is 11.6 Å². The van der Waals surface area contributed by atoms with Crippen LogP contribution in [-0.2, 0) is 4.79 Å². The number of Topliss-reactive ketones (excluding diaryl/α,β-unsaturated/α-hetero) is 1. The van der Waals surface area contributed by atoms with Crippen LogP contribution in [0.25, 0.3) is 33.4 Å². The van der Waals surface area contributed by atoms with E-state index in [4.69, 9.17) is 14.7 Å². The zero-order valence-corrected chi connectivity index (χ0v) is 18.2. The SMILES string of the molecule is COc1cc(-c2ccc(F)cc2)cc2c(NC3CCCCC3=O)nc(-c3cccnc3)nc12. The zero-order valence-electron chi connectivity index (χ0n) is 18.2. The predicted octanol–water partition coefficient (Wildman–Crippen LogP) is 5.43. The van der Waals surface area contributed by atoms with Crippen molar-refractivity contribution in [3.8, 4) is 28.3 Å². The number of rotatable bonds is 5. The molecule has 2 heterocycles. The van der Waals surface area contributed by atoms with Gasteiger partial charge in [0.05, 0.1) is 13.2 Å². The quantitative estimate of drug-likeness (QED) is 0.444. The van der Waals surface area contributed by atoms with Crippen molar-refractivity contribution >= 4 is 22.5 Å². The van der Waals surface area contributed by atoms with Crippen LogP contribution in [0.1, 0.15) is 25.7 Å². The fourth-order valence-electron chi connectivity index (χ4n) is 4.20. The molecule has 1 fully saturated rings. The second kappa shape index (κ2) is 8.94. The van der Waals surface area contributed by atoms with Crippen molar-refractivity contribution in [3.05, 3.63) is 66.7 Å². The molecule has 0 aliphatic heterocycles. The summed E-state index contributed by atoms with van der Waals surface area (Å²) in [5.41, 5.74) is 3.08. The van der Waals surface area contributed by atoms with Crippen LogP contribution in [0, 0.1) is 5.82 Å². The van der Waals surface area contributed by atoms with Gasteiger partial charge in [-0.1, -0.05) is 18.6 Å². The van der Waals surface area contributed by atoms with Crippen LogP contribution in [-0.4, -0.2) is 33.9 Å². The minimum absolute atomic E-state index is 0.192. The lowest BCUT2D eigenvalue weighted by molar-refractivity contribution is -0.121. The Bertz CT molecular complexity index is 1310. The molecule has 0 spiro atoms. The number of nitrogens with zero attached hydrogens (tertiary/aromatic N) is 3. The molecule has 4 aromatic rings. The number of aromatic nitrogens is 3. The Morgan fingerprint density at radius 3 is 2.61 bits per heavy atom. The van der Waals surface area contributed by atoms with Crippen LogP contribution < -0.4 is 10.1 Å². The number of methoxy groups -OCH3 is 1. The molecule has 0 bridgehead atoms. The van der Waals surface area contributed by atoms with Gasteiger partial charge in [0.25, 0.3) is 0 Å². The first-order valence-electron chi connectivity index (χ1n) is 11.0. The highest BCUT2D eigenvalue weighted by Crippen LogP contribution is 2.36. The van der Waals surface area contributed by atoms with Crippen molar-refractivity contribution in [2.75, 3.05) is 12.4 Å². The van der Waals surface area contributed by atoms with Crippen LogP contribution in [0.15, 0.2) is 60.9 Å². The Labute approximate surface area is 190 Å². The topological polar surface area (TPSA) is 77.0 Å². The van der Waals surface area contributed by atoms with E-state index in [0.29, 0.717) is 29.3 Å². The highest BCUT2D eigenvalue weighted by atomic mass is 19.1. The highest BCUT2D eigenvalue weighted by Gasteiger charge is 2.24. The molecule has 6 nitrogen and oxygen atoms in total. The molecule has 2 aromatic heterocycles. The van der Waals surface area contributed by atoms with Crippen LogP contribution in [0.3, 0.4) is 0 Å². The standard InChI is InChI=1S/C26H23FN4O2/c1-33-23-14-18(16-8-10-19(27)11-9-16)13-20-24(23)30-25(17-5-4-12-28-15-17)31-26(20)29-21-6-2-3-7-22(21)32/h4-5,8-15,21H,2-3,6-7H2,1H3,(H,29,30,31). The fraction of sp³-hybridized carbons (Fsp3) is 0.231. The van der Waals surface area contributed by atoms with Gasteiger partial charge in [0.1, 0.15) is 22.9 Å². The number of carbonyl (C=O) groups excluding carboxylic acids is 1. The normalized spacial score (nSPS) is 16.1. The third kappa shape index (κ3) is 4.26. The van der Waals surface area contributed by atoms with E-state index in [0.717, 1.165) is 41.3 Å². The third-order valence-electron chi connectivity index (χ3n) is 5.95. The van der Waals surface area contributed by atoms with Crippen LogP contribution in [0.4, 0.5) is 10.2 Å². The molecule has 1 unspecified atom stereocenters. The van der Waals surface area contributed by atoms with E-state index < -0.39 is 0 Å². The summed E-state index contributed by atoms with van der Waals surface area (Å²) in [6.07, 6.45) is 6.65. The molecule has 33 heavy (non-hydrogen) atoms. The molecule has 7 heteroatoms. The lowest BCUT2D eigenvalue weighted by Crippen LogP contribution is -2.32. The lowest BCUT2D eigenvalue weighted by atomic mass is 9.94. The van der Waals surface area contributed by atoms with Crippen LogP contribution >= 0.6 is 0 Å². The zero-order chi connectivity index (χ0) is 22.8. The van der Waals surface area contributed by atoms with Gasteiger partial charge in [-0.3, -0.25) is 9.78 Å². The molecule has 0 saturated heterocycles. The van der Waals surface area contributed by atoms with Crippen molar-refractivity contribution in [3.63, 3.8) is 0 Å². The number of fused-ring (bicyclic) bond motifs is 1. The first kappa shape index (κ1) is 21.0. The molecular formula is C26H23FN4O2. The first-order valence-corrected chi connectivity index (χ1v) is 11.0. The van der Waals surface area contributed by atoms with Gasteiger partial charge < -0.3 is 10.1 Å². The molecule has 5 rings (SSSR count). The average molecular weight is 442 g/mol. The summed E-state index contributed by atoms with van der Waals surface area (Å²) in [7, 11) is 1.59. The summed E-state index contributed by atoms with van der Waals surface area (Å²) < 4.78 is 19.2. The number of carbonyl (C=O) groups is 1. The largest absolute Gasteiger partial charge is 0.494 e. The van der Waals surface area contributed by atoms with E-state index in [1.807, 2.05) is 24.3 Å². The highest BCUT2D eigenvalue weighted by molar-refractivity contribution is 5.99. The molecule has 1 N–H and O–H groups in total. The van der Waals surface area contributed by atoms with Crippen molar-refractivity contribution in [1.82, 2.24) is 15.0 Å². The molecule has 1 aliphatic carbocycles. The summed E-state index contributed by atoms with van der Waals surface area (Å²) in [4.78, 5) is 26.3. The number of hydrogen-bond donors (Lipinski definition) is 1. The van der Waals surface area contributed by atoms with Gasteiger partial charge in [0, 0.05) is 29.8 Å². The number of halogens is 1. The number of hydrogen-bond acceptors (Lipinski definition) is 6. The van der Waals surface area contributed by atoms with Gasteiger partial charge in [0.2, 0.25) is 0 Å². The Hall–Kier alpha value is -3.87. The van der Waals surface area contributed by atoms with E-state index in [1.165, 1.54) is 12.1 Å². The Kier molecular flexibility index (Phi) is 5.69. The molecule has 1 aliphatic rings. The smallest absolute Gasteiger partial charge is 0.163 e. The van der Waals surface area contributed by atoms with E-state index in [1.54, 1.807) is 31.6 Å². The number of anilines is 1. The number of pyridine rings is 1. The fourth-order valence-corrected chi connectivity index (χ4v) is 4.20. The van der Waals surface area contributed by atoms with Crippen molar-refractivity contribution in [1.29, 1.82) is 0 Å². The van der Waals surface area contributed by atoms with Gasteiger partial charge in [-0.15, -0.1) is 0 Å². The number of ketones is 1. The van der Waals surface area contributed by atoms with Gasteiger partial charge in [-0.25, -0.2) is 14.4 Å². The number of nitrogens with one attached hydrogen (secondary N) is 1. The van der Waals surface area contributed by atoms with E-state index in [2.05, 4.69) is 10.3 Å². The second-order valence-corrected chi connectivity index (χ2v) is 8.13. The molecular weight excluding hydrogens is 419 g/mol. The molecule has 1 saturated carbocycles. The number of ether oxygens (including phenoxy) is 1. The second-order valence-electron chi connectivity index (χ2n) is 8.13. The Morgan fingerprint density at radius 1 is 1.03 bits per heavy atom. The minimum atomic E-state index is -0.297. The molecule has 166 valence electrons. The van der Waals surface area contributed by atoms with Crippen molar-refractivity contribution in [2.45, 2.75) is 31.7 Å². The van der Waals surface area contributed by atoms with Gasteiger partial charge in [-0.2, -0.15) is 0 Å². The van der Waals surface area contributed by atoms with E-state index in [9.17, 15) is 9.18 Å². The summed E-state index contributed by atoms with van der Waals surface area (Å²) in [5, 5.41) is 4.12. The summed E-state index contributed by atoms with van der Waals surface area (Å²) in [5.74, 6) is 1.53. The molecule has 1 atom stereocenters. The average Bonchev–Trinajstić information content (AvgIpc) is 2.85. The maximum atomic E-state index is 13.5. The summed E-state index contributed by atoms with van der Waals surface area (Å²) >= 11 is 0. The summed E-state index contributed by atoms with van der Waals surface area (Å²) in [6, 6.07) is 13.6. The lowest BCUT2D eigenvalue weighted by Gasteiger charge is -2.23. The molecule has 0 amide bonds. The monoisotopic (exact) mass is 442 g/mol. The third-order valence-corrected chi connectivity index (χ3v) is 5.95. The van der Waals surface area contributed by atoms with Crippen LogP contribution in [0.2, 0.25) is 0 Å².